The average molecular weight is 253 g/mol. The monoisotopic (exact) mass is 253 g/mol. The van der Waals surface area contributed by atoms with Crippen LogP contribution in [0.1, 0.15) is 33.7 Å². The number of carboxylic acids is 1. The van der Waals surface area contributed by atoms with E-state index in [1.807, 2.05) is 63.2 Å². The number of hydrogen-bond donors (Lipinski definition) is 0. The lowest BCUT2D eigenvalue weighted by Gasteiger charge is -2.23. The van der Waals surface area contributed by atoms with Gasteiger partial charge in [0.15, 0.2) is 0 Å². The third kappa shape index (κ3) is 2.68. The summed E-state index contributed by atoms with van der Waals surface area (Å²) in [6, 6.07) is 13.3. The molecule has 1 atom stereocenters. The van der Waals surface area contributed by atoms with Crippen molar-refractivity contribution in [3.63, 3.8) is 0 Å². The summed E-state index contributed by atoms with van der Waals surface area (Å²) in [5.74, 6) is -1.76. The van der Waals surface area contributed by atoms with E-state index in [0.717, 1.165) is 27.8 Å². The largest absolute Gasteiger partial charge is 0.549 e. The highest BCUT2D eigenvalue weighted by Crippen LogP contribution is 2.30. The van der Waals surface area contributed by atoms with Gasteiger partial charge in [0.2, 0.25) is 0 Å². The van der Waals surface area contributed by atoms with Crippen LogP contribution in [0.15, 0.2) is 42.5 Å². The lowest BCUT2D eigenvalue weighted by molar-refractivity contribution is -0.306. The Morgan fingerprint density at radius 1 is 1.00 bits per heavy atom. The summed E-state index contributed by atoms with van der Waals surface area (Å²) in [5, 5.41) is 11.6. The second-order valence-corrected chi connectivity index (χ2v) is 4.98. The third-order valence-electron chi connectivity index (χ3n) is 3.40. The molecular weight excluding hydrogens is 236 g/mol. The zero-order valence-electron chi connectivity index (χ0n) is 11.4. The normalized spacial score (nSPS) is 12.2. The summed E-state index contributed by atoms with van der Waals surface area (Å²) in [7, 11) is 0. The highest BCUT2D eigenvalue weighted by Gasteiger charge is 2.19. The Kier molecular flexibility index (Phi) is 3.70. The molecule has 0 N–H and O–H groups in total. The maximum atomic E-state index is 11.6. The lowest BCUT2D eigenvalue weighted by Crippen LogP contribution is -2.31. The Bertz CT molecular complexity index is 577. The highest BCUT2D eigenvalue weighted by atomic mass is 16.4. The quantitative estimate of drug-likeness (QED) is 0.843. The van der Waals surface area contributed by atoms with Crippen molar-refractivity contribution in [3.05, 3.63) is 70.3 Å². The first-order chi connectivity index (χ1) is 9.00. The molecule has 0 heterocycles. The summed E-state index contributed by atoms with van der Waals surface area (Å²) < 4.78 is 0. The Morgan fingerprint density at radius 2 is 1.53 bits per heavy atom. The van der Waals surface area contributed by atoms with E-state index in [-0.39, 0.29) is 0 Å². The second-order valence-electron chi connectivity index (χ2n) is 4.98. The maximum Gasteiger partial charge on any atom is 0.0533 e. The van der Waals surface area contributed by atoms with E-state index in [1.165, 1.54) is 0 Å². The van der Waals surface area contributed by atoms with Crippen LogP contribution in [0.25, 0.3) is 0 Å². The molecule has 0 bridgehead atoms. The minimum Gasteiger partial charge on any atom is -0.549 e. The Hall–Kier alpha value is -2.09. The Morgan fingerprint density at radius 3 is 2.00 bits per heavy atom. The zero-order valence-corrected chi connectivity index (χ0v) is 11.4. The van der Waals surface area contributed by atoms with E-state index in [0.29, 0.717) is 0 Å². The fourth-order valence-electron chi connectivity index (χ4n) is 2.71. The van der Waals surface area contributed by atoms with Crippen molar-refractivity contribution in [2.24, 2.45) is 0 Å². The zero-order chi connectivity index (χ0) is 14.0. The van der Waals surface area contributed by atoms with Gasteiger partial charge in [0.25, 0.3) is 0 Å². The van der Waals surface area contributed by atoms with Crippen molar-refractivity contribution < 1.29 is 9.90 Å². The van der Waals surface area contributed by atoms with E-state index in [2.05, 4.69) is 0 Å². The van der Waals surface area contributed by atoms with Crippen molar-refractivity contribution in [2.45, 2.75) is 26.7 Å². The van der Waals surface area contributed by atoms with Gasteiger partial charge in [-0.3, -0.25) is 0 Å². The van der Waals surface area contributed by atoms with Gasteiger partial charge in [-0.25, -0.2) is 0 Å². The molecule has 98 valence electrons. The van der Waals surface area contributed by atoms with Crippen LogP contribution in [0.4, 0.5) is 0 Å². The fourth-order valence-corrected chi connectivity index (χ4v) is 2.71. The maximum absolute atomic E-state index is 11.6. The van der Waals surface area contributed by atoms with E-state index >= 15 is 0 Å². The van der Waals surface area contributed by atoms with Gasteiger partial charge in [-0.15, -0.1) is 0 Å². The molecule has 2 aromatic rings. The van der Waals surface area contributed by atoms with Crippen molar-refractivity contribution in [2.75, 3.05) is 0 Å². The van der Waals surface area contributed by atoms with E-state index in [4.69, 9.17) is 0 Å². The number of carbonyl (C=O) groups is 1. The van der Waals surface area contributed by atoms with Gasteiger partial charge in [-0.1, -0.05) is 48.0 Å². The number of hydrogen-bond acceptors (Lipinski definition) is 2. The molecule has 0 amide bonds. The van der Waals surface area contributed by atoms with E-state index in [9.17, 15) is 9.90 Å². The molecule has 2 heteroatoms. The van der Waals surface area contributed by atoms with E-state index in [1.54, 1.807) is 0 Å². The molecule has 0 saturated heterocycles. The highest BCUT2D eigenvalue weighted by molar-refractivity contribution is 5.80. The molecule has 2 aromatic carbocycles. The van der Waals surface area contributed by atoms with Gasteiger partial charge >= 0.3 is 0 Å². The smallest absolute Gasteiger partial charge is 0.0533 e. The van der Waals surface area contributed by atoms with Crippen molar-refractivity contribution >= 4 is 5.97 Å². The Balaban J connectivity index is 2.62. The number of aryl methyl sites for hydroxylation is 3. The summed E-state index contributed by atoms with van der Waals surface area (Å²) >= 11 is 0. The number of carboxylic acid groups (broad SMARTS) is 1. The number of aliphatic carboxylic acids is 1. The van der Waals surface area contributed by atoms with Crippen molar-refractivity contribution in [3.8, 4) is 0 Å². The lowest BCUT2D eigenvalue weighted by atomic mass is 9.85. The van der Waals surface area contributed by atoms with Gasteiger partial charge in [0, 0.05) is 5.92 Å². The Labute approximate surface area is 113 Å². The first-order valence-electron chi connectivity index (χ1n) is 6.34. The minimum absolute atomic E-state index is 0.707. The van der Waals surface area contributed by atoms with Gasteiger partial charge in [-0.2, -0.15) is 0 Å². The van der Waals surface area contributed by atoms with Crippen LogP contribution in [0.5, 0.6) is 0 Å². The van der Waals surface area contributed by atoms with Gasteiger partial charge in [-0.05, 0) is 43.0 Å². The van der Waals surface area contributed by atoms with Crippen LogP contribution in [0.3, 0.4) is 0 Å². The first-order valence-corrected chi connectivity index (χ1v) is 6.34. The van der Waals surface area contributed by atoms with Crippen LogP contribution < -0.4 is 5.11 Å². The number of rotatable bonds is 3. The van der Waals surface area contributed by atoms with Gasteiger partial charge < -0.3 is 9.90 Å². The van der Waals surface area contributed by atoms with Crippen LogP contribution >= 0.6 is 0 Å². The molecule has 0 saturated carbocycles. The molecular formula is C17H17O2-. The van der Waals surface area contributed by atoms with E-state index < -0.39 is 11.9 Å². The SMILES string of the molecule is Cc1cc(C)c(C(C(=O)[O-])c2ccccc2)c(C)c1. The molecule has 0 aliphatic rings. The van der Waals surface area contributed by atoms with Crippen LogP contribution in [0, 0.1) is 20.8 Å². The standard InChI is InChI=1S/C17H18O2/c1-11-9-12(2)15(13(3)10-11)16(17(18)19)14-7-5-4-6-8-14/h4-10,16H,1-3H3,(H,18,19)/p-1. The van der Waals surface area contributed by atoms with Gasteiger partial charge in [0.05, 0.1) is 5.97 Å². The molecule has 19 heavy (non-hydrogen) atoms. The second kappa shape index (κ2) is 5.27. The summed E-state index contributed by atoms with van der Waals surface area (Å²) in [4.78, 5) is 11.6. The molecule has 0 aliphatic carbocycles. The molecule has 2 nitrogen and oxygen atoms in total. The third-order valence-corrected chi connectivity index (χ3v) is 3.40. The summed E-state index contributed by atoms with van der Waals surface area (Å²) in [5.41, 5.74) is 4.74. The molecule has 2 rings (SSSR count). The molecule has 0 radical (unpaired) electrons. The predicted octanol–water partition coefficient (Wildman–Crippen LogP) is 2.49. The summed E-state index contributed by atoms with van der Waals surface area (Å²) in [6.45, 7) is 5.92. The summed E-state index contributed by atoms with van der Waals surface area (Å²) in [6.07, 6.45) is 0. The van der Waals surface area contributed by atoms with Crippen LogP contribution in [-0.4, -0.2) is 5.97 Å². The topological polar surface area (TPSA) is 40.1 Å². The fraction of sp³-hybridized carbons (Fsp3) is 0.235. The predicted molar refractivity (Wildman–Crippen MR) is 73.9 cm³/mol. The number of carbonyl (C=O) groups excluding carboxylic acids is 1. The molecule has 1 unspecified atom stereocenters. The first kappa shape index (κ1) is 13.3. The molecule has 0 aromatic heterocycles. The molecule has 0 aliphatic heterocycles. The number of benzene rings is 2. The average Bonchev–Trinajstić information content (AvgIpc) is 2.34. The molecule has 0 spiro atoms. The molecule has 0 fully saturated rings. The van der Waals surface area contributed by atoms with Gasteiger partial charge in [0.1, 0.15) is 0 Å². The van der Waals surface area contributed by atoms with Crippen LogP contribution in [0.2, 0.25) is 0 Å². The van der Waals surface area contributed by atoms with Crippen molar-refractivity contribution in [1.29, 1.82) is 0 Å². The minimum atomic E-state index is -1.05. The van der Waals surface area contributed by atoms with Crippen LogP contribution in [-0.2, 0) is 4.79 Å². The van der Waals surface area contributed by atoms with Crippen molar-refractivity contribution in [1.82, 2.24) is 0 Å².